The molecular formula is C24H32N2O4. The first kappa shape index (κ1) is 23.3. The van der Waals surface area contributed by atoms with Gasteiger partial charge in [-0.1, -0.05) is 52.0 Å². The molecule has 0 heterocycles. The van der Waals surface area contributed by atoms with Crippen molar-refractivity contribution >= 4 is 11.8 Å². The molecule has 2 N–H and O–H groups in total. The molecule has 0 unspecified atom stereocenters. The lowest BCUT2D eigenvalue weighted by atomic mass is 10.0. The topological polar surface area (TPSA) is 76.7 Å². The summed E-state index contributed by atoms with van der Waals surface area (Å²) in [5.41, 5.74) is 8.01. The highest BCUT2D eigenvalue weighted by atomic mass is 16.5. The van der Waals surface area contributed by atoms with E-state index in [1.54, 1.807) is 6.92 Å². The number of benzene rings is 2. The van der Waals surface area contributed by atoms with Crippen molar-refractivity contribution in [2.75, 3.05) is 6.61 Å². The predicted molar refractivity (Wildman–Crippen MR) is 118 cm³/mol. The standard InChI is InChI=1S/C24H32N2O4/c1-15(2)19-8-10-20(11-9-19)30-18(6)24(28)26-25-23(27)14-29-22-13-17(5)7-12-21(22)16(3)4/h7-13,15-16,18H,14H2,1-6H3,(H,25,27)(H,26,28)/t18-/m1/s1. The van der Waals surface area contributed by atoms with Crippen LogP contribution in [0.1, 0.15) is 63.1 Å². The van der Waals surface area contributed by atoms with Crippen molar-refractivity contribution in [3.63, 3.8) is 0 Å². The fraction of sp³-hybridized carbons (Fsp3) is 0.417. The molecule has 0 aliphatic heterocycles. The number of hydrazine groups is 1. The Balaban J connectivity index is 1.81. The summed E-state index contributed by atoms with van der Waals surface area (Å²) in [5, 5.41) is 0. The fourth-order valence-electron chi connectivity index (χ4n) is 2.84. The third kappa shape index (κ3) is 6.79. The quantitative estimate of drug-likeness (QED) is 0.636. The van der Waals surface area contributed by atoms with E-state index in [0.717, 1.165) is 11.1 Å². The highest BCUT2D eigenvalue weighted by Gasteiger charge is 2.16. The number of nitrogens with one attached hydrogen (secondary N) is 2. The Morgan fingerprint density at radius 3 is 2.17 bits per heavy atom. The average Bonchev–Trinajstić information content (AvgIpc) is 2.70. The third-order valence-electron chi connectivity index (χ3n) is 4.70. The van der Waals surface area contributed by atoms with E-state index in [9.17, 15) is 9.59 Å². The van der Waals surface area contributed by atoms with Crippen LogP contribution in [-0.2, 0) is 9.59 Å². The second-order valence-electron chi connectivity index (χ2n) is 8.01. The summed E-state index contributed by atoms with van der Waals surface area (Å²) in [4.78, 5) is 24.3. The molecule has 0 bridgehead atoms. The molecule has 30 heavy (non-hydrogen) atoms. The van der Waals surface area contributed by atoms with Gasteiger partial charge in [0.2, 0.25) is 0 Å². The zero-order valence-corrected chi connectivity index (χ0v) is 18.6. The fourth-order valence-corrected chi connectivity index (χ4v) is 2.84. The Morgan fingerprint density at radius 2 is 1.57 bits per heavy atom. The SMILES string of the molecule is Cc1ccc(C(C)C)c(OCC(=O)NNC(=O)[C@@H](C)Oc2ccc(C(C)C)cc2)c1. The van der Waals surface area contributed by atoms with E-state index < -0.39 is 17.9 Å². The van der Waals surface area contributed by atoms with Gasteiger partial charge in [-0.3, -0.25) is 20.4 Å². The van der Waals surface area contributed by atoms with Crippen LogP contribution in [0.2, 0.25) is 0 Å². The minimum atomic E-state index is -0.763. The van der Waals surface area contributed by atoms with Gasteiger partial charge < -0.3 is 9.47 Å². The summed E-state index contributed by atoms with van der Waals surface area (Å²) in [6.45, 7) is 11.7. The number of ether oxygens (including phenoxy) is 2. The number of hydrogen-bond donors (Lipinski definition) is 2. The van der Waals surface area contributed by atoms with Crippen LogP contribution in [0.15, 0.2) is 42.5 Å². The normalized spacial score (nSPS) is 11.9. The Hall–Kier alpha value is -3.02. The van der Waals surface area contributed by atoms with Gasteiger partial charge in [-0.25, -0.2) is 0 Å². The van der Waals surface area contributed by atoms with Crippen molar-refractivity contribution in [2.24, 2.45) is 0 Å². The monoisotopic (exact) mass is 412 g/mol. The van der Waals surface area contributed by atoms with E-state index in [4.69, 9.17) is 9.47 Å². The van der Waals surface area contributed by atoms with Crippen LogP contribution in [0.3, 0.4) is 0 Å². The molecule has 2 rings (SSSR count). The number of rotatable bonds is 8. The second kappa shape index (κ2) is 10.7. The first-order chi connectivity index (χ1) is 14.2. The van der Waals surface area contributed by atoms with E-state index in [-0.39, 0.29) is 12.5 Å². The number of carbonyl (C=O) groups excluding carboxylic acids is 2. The Labute approximate surface area is 178 Å². The molecule has 2 aromatic rings. The van der Waals surface area contributed by atoms with Gasteiger partial charge in [0.05, 0.1) is 0 Å². The summed E-state index contributed by atoms with van der Waals surface area (Å²) in [7, 11) is 0. The van der Waals surface area contributed by atoms with Crippen molar-refractivity contribution in [1.29, 1.82) is 0 Å². The van der Waals surface area contributed by atoms with Crippen LogP contribution in [0, 0.1) is 6.92 Å². The zero-order chi connectivity index (χ0) is 22.3. The van der Waals surface area contributed by atoms with Gasteiger partial charge in [0.25, 0.3) is 11.8 Å². The maximum Gasteiger partial charge on any atom is 0.279 e. The molecule has 2 aromatic carbocycles. The van der Waals surface area contributed by atoms with E-state index in [0.29, 0.717) is 17.4 Å². The van der Waals surface area contributed by atoms with Crippen molar-refractivity contribution in [2.45, 2.75) is 59.5 Å². The van der Waals surface area contributed by atoms with Crippen LogP contribution in [-0.4, -0.2) is 24.5 Å². The first-order valence-electron chi connectivity index (χ1n) is 10.3. The van der Waals surface area contributed by atoms with Crippen LogP contribution in [0.25, 0.3) is 0 Å². The van der Waals surface area contributed by atoms with Crippen molar-refractivity contribution in [3.05, 3.63) is 59.2 Å². The van der Waals surface area contributed by atoms with E-state index in [2.05, 4.69) is 38.5 Å². The predicted octanol–water partition coefficient (Wildman–Crippen LogP) is 4.24. The second-order valence-corrected chi connectivity index (χ2v) is 8.01. The molecule has 0 fully saturated rings. The van der Waals surface area contributed by atoms with Gasteiger partial charge in [0.1, 0.15) is 11.5 Å². The molecule has 0 saturated carbocycles. The van der Waals surface area contributed by atoms with E-state index >= 15 is 0 Å². The lowest BCUT2D eigenvalue weighted by molar-refractivity contribution is -0.133. The Morgan fingerprint density at radius 1 is 0.900 bits per heavy atom. The number of amides is 2. The van der Waals surface area contributed by atoms with Gasteiger partial charge in [-0.05, 0) is 60.6 Å². The van der Waals surface area contributed by atoms with Gasteiger partial charge in [-0.15, -0.1) is 0 Å². The van der Waals surface area contributed by atoms with Crippen LogP contribution in [0.4, 0.5) is 0 Å². The lowest BCUT2D eigenvalue weighted by Crippen LogP contribution is -2.48. The largest absolute Gasteiger partial charge is 0.483 e. The van der Waals surface area contributed by atoms with E-state index in [1.165, 1.54) is 5.56 Å². The van der Waals surface area contributed by atoms with Gasteiger partial charge >= 0.3 is 0 Å². The maximum absolute atomic E-state index is 12.2. The zero-order valence-electron chi connectivity index (χ0n) is 18.6. The average molecular weight is 413 g/mol. The molecule has 1 atom stereocenters. The molecule has 162 valence electrons. The van der Waals surface area contributed by atoms with E-state index in [1.807, 2.05) is 49.4 Å². The minimum absolute atomic E-state index is 0.199. The first-order valence-corrected chi connectivity index (χ1v) is 10.3. The van der Waals surface area contributed by atoms with Crippen molar-refractivity contribution < 1.29 is 19.1 Å². The number of carbonyl (C=O) groups is 2. The molecule has 0 aliphatic carbocycles. The highest BCUT2D eigenvalue weighted by Crippen LogP contribution is 2.27. The van der Waals surface area contributed by atoms with Crippen LogP contribution < -0.4 is 20.3 Å². The summed E-state index contributed by atoms with van der Waals surface area (Å²) in [5.74, 6) is 1.07. The van der Waals surface area contributed by atoms with Crippen LogP contribution >= 0.6 is 0 Å². The van der Waals surface area contributed by atoms with Gasteiger partial charge in [-0.2, -0.15) is 0 Å². The molecule has 0 aromatic heterocycles. The Bertz CT molecular complexity index is 860. The molecule has 0 spiro atoms. The summed E-state index contributed by atoms with van der Waals surface area (Å²) >= 11 is 0. The van der Waals surface area contributed by atoms with Gasteiger partial charge in [0.15, 0.2) is 12.7 Å². The molecule has 6 heteroatoms. The summed E-state index contributed by atoms with van der Waals surface area (Å²) < 4.78 is 11.3. The van der Waals surface area contributed by atoms with Gasteiger partial charge in [0, 0.05) is 0 Å². The maximum atomic E-state index is 12.2. The third-order valence-corrected chi connectivity index (χ3v) is 4.70. The van der Waals surface area contributed by atoms with Crippen molar-refractivity contribution in [1.82, 2.24) is 10.9 Å². The molecule has 2 amide bonds. The lowest BCUT2D eigenvalue weighted by Gasteiger charge is -2.17. The summed E-state index contributed by atoms with van der Waals surface area (Å²) in [6, 6.07) is 13.5. The summed E-state index contributed by atoms with van der Waals surface area (Å²) in [6.07, 6.45) is -0.763. The number of aryl methyl sites for hydroxylation is 1. The molecule has 0 radical (unpaired) electrons. The molecule has 6 nitrogen and oxygen atoms in total. The van der Waals surface area contributed by atoms with Crippen LogP contribution in [0.5, 0.6) is 11.5 Å². The molecule has 0 saturated heterocycles. The molecule has 0 aliphatic rings. The highest BCUT2D eigenvalue weighted by molar-refractivity contribution is 5.85. The molecular weight excluding hydrogens is 380 g/mol. The Kier molecular flexibility index (Phi) is 8.27. The minimum Gasteiger partial charge on any atom is -0.483 e. The van der Waals surface area contributed by atoms with Crippen molar-refractivity contribution in [3.8, 4) is 11.5 Å². The smallest absolute Gasteiger partial charge is 0.279 e. The number of hydrogen-bond acceptors (Lipinski definition) is 4.